The molecule has 1 saturated heterocycles. The van der Waals surface area contributed by atoms with Crippen molar-refractivity contribution in [3.05, 3.63) is 0 Å². The first-order valence-corrected chi connectivity index (χ1v) is 3.75. The molecule has 10 heavy (non-hydrogen) atoms. The first-order chi connectivity index (χ1) is 4.83. The van der Waals surface area contributed by atoms with E-state index in [0.29, 0.717) is 0 Å². The van der Waals surface area contributed by atoms with E-state index < -0.39 is 0 Å². The molecule has 0 spiro atoms. The van der Waals surface area contributed by atoms with Crippen LogP contribution in [0.25, 0.3) is 0 Å². The first kappa shape index (κ1) is 7.98. The fourth-order valence-corrected chi connectivity index (χ4v) is 1.46. The van der Waals surface area contributed by atoms with E-state index in [1.165, 1.54) is 0 Å². The number of aliphatic hydroxyl groups is 2. The van der Waals surface area contributed by atoms with Crippen LogP contribution in [0.4, 0.5) is 0 Å². The Balaban J connectivity index is 2.41. The molecule has 1 rings (SSSR count). The van der Waals surface area contributed by atoms with Gasteiger partial charge >= 0.3 is 0 Å². The third-order valence-electron chi connectivity index (χ3n) is 2.31. The van der Waals surface area contributed by atoms with Crippen LogP contribution in [0.3, 0.4) is 0 Å². The lowest BCUT2D eigenvalue weighted by Crippen LogP contribution is -2.29. The number of nitrogens with one attached hydrogen (secondary N) is 1. The minimum Gasteiger partial charge on any atom is -0.396 e. The molecule has 0 radical (unpaired) electrons. The molecule has 0 saturated carbocycles. The van der Waals surface area contributed by atoms with Crippen LogP contribution in [-0.2, 0) is 0 Å². The normalized spacial score (nSPS) is 33.0. The van der Waals surface area contributed by atoms with Gasteiger partial charge in [0.1, 0.15) is 0 Å². The summed E-state index contributed by atoms with van der Waals surface area (Å²) in [6.07, 6.45) is 1.71. The van der Waals surface area contributed by atoms with Crippen LogP contribution in [0.15, 0.2) is 0 Å². The lowest BCUT2D eigenvalue weighted by Gasteiger charge is -2.23. The molecule has 1 heterocycles. The van der Waals surface area contributed by atoms with Gasteiger partial charge in [0.05, 0.1) is 6.61 Å². The molecule has 0 amide bonds. The van der Waals surface area contributed by atoms with Gasteiger partial charge in [-0.05, 0) is 19.4 Å². The molecule has 0 unspecified atom stereocenters. The highest BCUT2D eigenvalue weighted by Gasteiger charge is 2.32. The van der Waals surface area contributed by atoms with Gasteiger partial charge in [0.2, 0.25) is 0 Å². The second-order valence-electron chi connectivity index (χ2n) is 3.06. The van der Waals surface area contributed by atoms with Crippen LogP contribution < -0.4 is 5.32 Å². The van der Waals surface area contributed by atoms with Crippen molar-refractivity contribution in [2.75, 3.05) is 26.3 Å². The third-order valence-corrected chi connectivity index (χ3v) is 2.31. The molecular weight excluding hydrogens is 130 g/mol. The zero-order valence-electron chi connectivity index (χ0n) is 6.14. The summed E-state index contributed by atoms with van der Waals surface area (Å²) in [5.74, 6) is 0. The number of hydrogen-bond acceptors (Lipinski definition) is 3. The topological polar surface area (TPSA) is 52.5 Å². The summed E-state index contributed by atoms with van der Waals surface area (Å²) >= 11 is 0. The summed E-state index contributed by atoms with van der Waals surface area (Å²) in [5.41, 5.74) is -0.0191. The predicted octanol–water partition coefficient (Wildman–Crippen LogP) is -0.659. The van der Waals surface area contributed by atoms with Crippen molar-refractivity contribution in [2.24, 2.45) is 5.41 Å². The molecule has 1 aliphatic rings. The van der Waals surface area contributed by atoms with Crippen molar-refractivity contribution < 1.29 is 10.2 Å². The summed E-state index contributed by atoms with van der Waals surface area (Å²) < 4.78 is 0. The molecule has 60 valence electrons. The fourth-order valence-electron chi connectivity index (χ4n) is 1.46. The minimum atomic E-state index is -0.0191. The van der Waals surface area contributed by atoms with Gasteiger partial charge in [-0.15, -0.1) is 0 Å². The van der Waals surface area contributed by atoms with Crippen LogP contribution in [-0.4, -0.2) is 36.5 Å². The van der Waals surface area contributed by atoms with E-state index >= 15 is 0 Å². The lowest BCUT2D eigenvalue weighted by atomic mass is 9.85. The molecule has 0 aliphatic carbocycles. The number of hydrogen-bond donors (Lipinski definition) is 3. The maximum Gasteiger partial charge on any atom is 0.0500 e. The summed E-state index contributed by atoms with van der Waals surface area (Å²) in [6.45, 7) is 2.20. The van der Waals surface area contributed by atoms with Crippen LogP contribution in [0.2, 0.25) is 0 Å². The van der Waals surface area contributed by atoms with E-state index in [1.54, 1.807) is 0 Å². The van der Waals surface area contributed by atoms with Crippen LogP contribution in [0.5, 0.6) is 0 Å². The Kier molecular flexibility index (Phi) is 2.65. The summed E-state index contributed by atoms with van der Waals surface area (Å²) in [5, 5.41) is 20.9. The van der Waals surface area contributed by atoms with Gasteiger partial charge in [-0.25, -0.2) is 0 Å². The Morgan fingerprint density at radius 3 is 2.60 bits per heavy atom. The van der Waals surface area contributed by atoms with Crippen molar-refractivity contribution in [3.8, 4) is 0 Å². The third kappa shape index (κ3) is 1.48. The molecule has 3 N–H and O–H groups in total. The molecule has 0 aromatic heterocycles. The maximum absolute atomic E-state index is 9.00. The minimum absolute atomic E-state index is 0.0191. The highest BCUT2D eigenvalue weighted by molar-refractivity contribution is 4.86. The SMILES string of the molecule is OCC[C@]1(CO)CCNC1. The molecule has 3 heteroatoms. The maximum atomic E-state index is 9.00. The Labute approximate surface area is 61.1 Å². The van der Waals surface area contributed by atoms with Gasteiger partial charge in [-0.1, -0.05) is 0 Å². The van der Waals surface area contributed by atoms with Crippen molar-refractivity contribution in [2.45, 2.75) is 12.8 Å². The van der Waals surface area contributed by atoms with Gasteiger partial charge in [-0.2, -0.15) is 0 Å². The van der Waals surface area contributed by atoms with E-state index in [9.17, 15) is 0 Å². The molecule has 1 atom stereocenters. The van der Waals surface area contributed by atoms with Crippen LogP contribution in [0, 0.1) is 5.41 Å². The van der Waals surface area contributed by atoms with Gasteiger partial charge < -0.3 is 15.5 Å². The Morgan fingerprint density at radius 1 is 1.40 bits per heavy atom. The van der Waals surface area contributed by atoms with Gasteiger partial charge in [0.25, 0.3) is 0 Å². The standard InChI is InChI=1S/C7H15NO2/c9-4-2-7(6-10)1-3-8-5-7/h8-10H,1-6H2/t7-/m1/s1. The average Bonchev–Trinajstić information content (AvgIpc) is 2.39. The summed E-state index contributed by atoms with van der Waals surface area (Å²) in [6, 6.07) is 0. The van der Waals surface area contributed by atoms with Crippen molar-refractivity contribution in [1.82, 2.24) is 5.32 Å². The van der Waals surface area contributed by atoms with Gasteiger partial charge in [0.15, 0.2) is 0 Å². The van der Waals surface area contributed by atoms with Crippen molar-refractivity contribution >= 4 is 0 Å². The molecule has 0 bridgehead atoms. The monoisotopic (exact) mass is 145 g/mol. The summed E-state index contributed by atoms with van der Waals surface area (Å²) in [4.78, 5) is 0. The van der Waals surface area contributed by atoms with Crippen molar-refractivity contribution in [1.29, 1.82) is 0 Å². The Morgan fingerprint density at radius 2 is 2.20 bits per heavy atom. The number of aliphatic hydroxyl groups excluding tert-OH is 2. The fraction of sp³-hybridized carbons (Fsp3) is 1.00. The highest BCUT2D eigenvalue weighted by atomic mass is 16.3. The van der Waals surface area contributed by atoms with Gasteiger partial charge in [0, 0.05) is 18.6 Å². The second kappa shape index (κ2) is 3.32. The van der Waals surface area contributed by atoms with E-state index in [2.05, 4.69) is 5.32 Å². The zero-order chi connectivity index (χ0) is 7.45. The van der Waals surface area contributed by atoms with Crippen LogP contribution in [0.1, 0.15) is 12.8 Å². The smallest absolute Gasteiger partial charge is 0.0500 e. The molecule has 3 nitrogen and oxygen atoms in total. The van der Waals surface area contributed by atoms with Gasteiger partial charge in [-0.3, -0.25) is 0 Å². The van der Waals surface area contributed by atoms with E-state index in [1.807, 2.05) is 0 Å². The molecule has 0 aromatic carbocycles. The summed E-state index contributed by atoms with van der Waals surface area (Å²) in [7, 11) is 0. The van der Waals surface area contributed by atoms with Crippen molar-refractivity contribution in [3.63, 3.8) is 0 Å². The molecular formula is C7H15NO2. The van der Waals surface area contributed by atoms with E-state index in [-0.39, 0.29) is 18.6 Å². The Bertz CT molecular complexity index is 99.8. The predicted molar refractivity (Wildman–Crippen MR) is 38.7 cm³/mol. The second-order valence-corrected chi connectivity index (χ2v) is 3.06. The van der Waals surface area contributed by atoms with E-state index in [0.717, 1.165) is 25.9 Å². The van der Waals surface area contributed by atoms with Crippen LogP contribution >= 0.6 is 0 Å². The Hall–Kier alpha value is -0.120. The van der Waals surface area contributed by atoms with E-state index in [4.69, 9.17) is 10.2 Å². The first-order valence-electron chi connectivity index (χ1n) is 3.75. The molecule has 1 aliphatic heterocycles. The number of rotatable bonds is 3. The quantitative estimate of drug-likeness (QED) is 0.494. The largest absolute Gasteiger partial charge is 0.396 e. The molecule has 1 fully saturated rings. The highest BCUT2D eigenvalue weighted by Crippen LogP contribution is 2.27. The molecule has 0 aromatic rings. The average molecular weight is 145 g/mol. The zero-order valence-corrected chi connectivity index (χ0v) is 6.14. The lowest BCUT2D eigenvalue weighted by molar-refractivity contribution is 0.107.